The molecule has 0 bridgehead atoms. The van der Waals surface area contributed by atoms with E-state index in [-0.39, 0.29) is 24.0 Å². The summed E-state index contributed by atoms with van der Waals surface area (Å²) in [6, 6.07) is 10.8. The van der Waals surface area contributed by atoms with E-state index in [0.29, 0.717) is 5.92 Å². The van der Waals surface area contributed by atoms with E-state index in [1.807, 2.05) is 7.05 Å². The van der Waals surface area contributed by atoms with E-state index in [4.69, 9.17) is 4.74 Å². The number of ether oxygens (including phenoxy) is 1. The number of rotatable bonds is 5. The number of methoxy groups -OCH3 is 1. The minimum Gasteiger partial charge on any atom is -0.385 e. The summed E-state index contributed by atoms with van der Waals surface area (Å²) in [5, 5.41) is 3.41. The van der Waals surface area contributed by atoms with E-state index in [2.05, 4.69) is 45.5 Å². The standard InChI is InChI=1S/C16H25N3O.HI/c1-17-16(18-10-6-12-20-2)19-11-9-15(13-19)14-7-4-3-5-8-14;/h3-5,7-8,15H,6,9-13H2,1-2H3,(H,17,18);1H. The summed E-state index contributed by atoms with van der Waals surface area (Å²) in [5.74, 6) is 1.63. The van der Waals surface area contributed by atoms with Gasteiger partial charge in [0.2, 0.25) is 0 Å². The van der Waals surface area contributed by atoms with Crippen LogP contribution in [0.15, 0.2) is 35.3 Å². The Kier molecular flexibility index (Phi) is 8.68. The van der Waals surface area contributed by atoms with Crippen LogP contribution >= 0.6 is 24.0 Å². The van der Waals surface area contributed by atoms with E-state index in [0.717, 1.165) is 38.6 Å². The van der Waals surface area contributed by atoms with Crippen LogP contribution < -0.4 is 5.32 Å². The van der Waals surface area contributed by atoms with Crippen LogP contribution in [0.25, 0.3) is 0 Å². The molecule has 1 aliphatic heterocycles. The SMILES string of the molecule is CN=C(NCCCOC)N1CCC(c2ccccc2)C1.I. The van der Waals surface area contributed by atoms with Gasteiger partial charge in [-0.2, -0.15) is 0 Å². The fourth-order valence-corrected chi connectivity index (χ4v) is 2.70. The van der Waals surface area contributed by atoms with Crippen LogP contribution in [-0.4, -0.2) is 51.3 Å². The summed E-state index contributed by atoms with van der Waals surface area (Å²) in [4.78, 5) is 6.74. The Labute approximate surface area is 145 Å². The number of aliphatic imine (C=N–C) groups is 1. The maximum absolute atomic E-state index is 5.06. The van der Waals surface area contributed by atoms with Gasteiger partial charge < -0.3 is 15.0 Å². The second kappa shape index (κ2) is 10.00. The summed E-state index contributed by atoms with van der Waals surface area (Å²) < 4.78 is 5.06. The fraction of sp³-hybridized carbons (Fsp3) is 0.562. The lowest BCUT2D eigenvalue weighted by Crippen LogP contribution is -2.40. The molecule has 118 valence electrons. The number of likely N-dealkylation sites (tertiary alicyclic amines) is 1. The summed E-state index contributed by atoms with van der Waals surface area (Å²) >= 11 is 0. The van der Waals surface area contributed by atoms with Crippen molar-refractivity contribution in [3.8, 4) is 0 Å². The predicted molar refractivity (Wildman–Crippen MR) is 98.6 cm³/mol. The average Bonchev–Trinajstić information content (AvgIpc) is 2.98. The topological polar surface area (TPSA) is 36.9 Å². The molecule has 1 saturated heterocycles. The van der Waals surface area contributed by atoms with Crippen LogP contribution in [0.2, 0.25) is 0 Å². The van der Waals surface area contributed by atoms with Crippen molar-refractivity contribution in [3.63, 3.8) is 0 Å². The lowest BCUT2D eigenvalue weighted by atomic mass is 9.99. The number of nitrogens with zero attached hydrogens (tertiary/aromatic N) is 2. The Morgan fingerprint density at radius 1 is 1.38 bits per heavy atom. The van der Waals surface area contributed by atoms with Crippen molar-refractivity contribution < 1.29 is 4.74 Å². The minimum atomic E-state index is 0. The number of hydrogen-bond acceptors (Lipinski definition) is 2. The Bertz CT molecular complexity index is 425. The smallest absolute Gasteiger partial charge is 0.193 e. The van der Waals surface area contributed by atoms with Gasteiger partial charge in [0.05, 0.1) is 0 Å². The molecule has 4 nitrogen and oxygen atoms in total. The van der Waals surface area contributed by atoms with Gasteiger partial charge >= 0.3 is 0 Å². The van der Waals surface area contributed by atoms with Crippen LogP contribution in [0, 0.1) is 0 Å². The van der Waals surface area contributed by atoms with Crippen LogP contribution in [0.5, 0.6) is 0 Å². The third-order valence-corrected chi connectivity index (χ3v) is 3.78. The summed E-state index contributed by atoms with van der Waals surface area (Å²) in [6.45, 7) is 3.82. The molecular weight excluding hydrogens is 377 g/mol. The second-order valence-corrected chi connectivity index (χ2v) is 5.16. The molecule has 0 aliphatic carbocycles. The maximum Gasteiger partial charge on any atom is 0.193 e. The molecule has 0 amide bonds. The highest BCUT2D eigenvalue weighted by Crippen LogP contribution is 2.26. The van der Waals surface area contributed by atoms with Crippen LogP contribution in [0.4, 0.5) is 0 Å². The first kappa shape index (κ1) is 18.2. The highest BCUT2D eigenvalue weighted by Gasteiger charge is 2.25. The van der Waals surface area contributed by atoms with Crippen molar-refractivity contribution in [2.24, 2.45) is 4.99 Å². The van der Waals surface area contributed by atoms with Crippen molar-refractivity contribution in [1.29, 1.82) is 0 Å². The van der Waals surface area contributed by atoms with Gasteiger partial charge in [-0.15, -0.1) is 24.0 Å². The Balaban J connectivity index is 0.00000220. The van der Waals surface area contributed by atoms with Crippen LogP contribution in [0.1, 0.15) is 24.3 Å². The Morgan fingerprint density at radius 3 is 2.81 bits per heavy atom. The van der Waals surface area contributed by atoms with E-state index in [1.54, 1.807) is 7.11 Å². The molecule has 1 fully saturated rings. The average molecular weight is 403 g/mol. The Morgan fingerprint density at radius 2 is 2.14 bits per heavy atom. The highest BCUT2D eigenvalue weighted by atomic mass is 127. The van der Waals surface area contributed by atoms with Crippen molar-refractivity contribution in [3.05, 3.63) is 35.9 Å². The van der Waals surface area contributed by atoms with Crippen LogP contribution in [-0.2, 0) is 4.74 Å². The molecule has 2 rings (SSSR count). The third kappa shape index (κ3) is 5.47. The third-order valence-electron chi connectivity index (χ3n) is 3.78. The number of benzene rings is 1. The van der Waals surface area contributed by atoms with Gasteiger partial charge in [-0.05, 0) is 18.4 Å². The van der Waals surface area contributed by atoms with Gasteiger partial charge in [-0.3, -0.25) is 4.99 Å². The highest BCUT2D eigenvalue weighted by molar-refractivity contribution is 14.0. The van der Waals surface area contributed by atoms with Gasteiger partial charge in [0.15, 0.2) is 5.96 Å². The van der Waals surface area contributed by atoms with E-state index in [1.165, 1.54) is 12.0 Å². The van der Waals surface area contributed by atoms with Crippen molar-refractivity contribution in [1.82, 2.24) is 10.2 Å². The molecule has 0 aromatic heterocycles. The number of guanidine groups is 1. The maximum atomic E-state index is 5.06. The lowest BCUT2D eigenvalue weighted by Gasteiger charge is -2.21. The molecule has 1 atom stereocenters. The summed E-state index contributed by atoms with van der Waals surface area (Å²) in [7, 11) is 3.59. The lowest BCUT2D eigenvalue weighted by molar-refractivity contribution is 0.195. The van der Waals surface area contributed by atoms with E-state index in [9.17, 15) is 0 Å². The largest absolute Gasteiger partial charge is 0.385 e. The zero-order valence-electron chi connectivity index (χ0n) is 12.9. The van der Waals surface area contributed by atoms with Crippen LogP contribution in [0.3, 0.4) is 0 Å². The molecule has 1 heterocycles. The zero-order valence-corrected chi connectivity index (χ0v) is 15.2. The first-order valence-electron chi connectivity index (χ1n) is 7.34. The first-order chi connectivity index (χ1) is 9.85. The number of hydrogen-bond donors (Lipinski definition) is 1. The molecule has 1 aromatic rings. The monoisotopic (exact) mass is 403 g/mol. The van der Waals surface area contributed by atoms with Gasteiger partial charge in [-0.25, -0.2) is 0 Å². The molecule has 1 aliphatic rings. The van der Waals surface area contributed by atoms with Crippen molar-refractivity contribution >= 4 is 29.9 Å². The summed E-state index contributed by atoms with van der Waals surface area (Å²) in [5.41, 5.74) is 1.44. The molecule has 5 heteroatoms. The normalized spacial score (nSPS) is 18.5. The predicted octanol–water partition coefficient (Wildman–Crippen LogP) is 2.71. The zero-order chi connectivity index (χ0) is 14.2. The quantitative estimate of drug-likeness (QED) is 0.356. The van der Waals surface area contributed by atoms with Crippen molar-refractivity contribution in [2.75, 3.05) is 40.4 Å². The molecular formula is C16H26IN3O. The minimum absolute atomic E-state index is 0. The van der Waals surface area contributed by atoms with Gasteiger partial charge in [0.1, 0.15) is 0 Å². The molecule has 0 saturated carbocycles. The molecule has 21 heavy (non-hydrogen) atoms. The molecule has 1 aromatic carbocycles. The second-order valence-electron chi connectivity index (χ2n) is 5.16. The molecule has 1 N–H and O–H groups in total. The van der Waals surface area contributed by atoms with Crippen molar-refractivity contribution in [2.45, 2.75) is 18.8 Å². The number of nitrogens with one attached hydrogen (secondary N) is 1. The Hall–Kier alpha value is -0.820. The molecule has 0 radical (unpaired) electrons. The summed E-state index contributed by atoms with van der Waals surface area (Å²) in [6.07, 6.45) is 2.20. The van der Waals surface area contributed by atoms with Gasteiger partial charge in [0.25, 0.3) is 0 Å². The van der Waals surface area contributed by atoms with E-state index < -0.39 is 0 Å². The molecule has 0 spiro atoms. The fourth-order valence-electron chi connectivity index (χ4n) is 2.70. The first-order valence-corrected chi connectivity index (χ1v) is 7.34. The number of halogens is 1. The van der Waals surface area contributed by atoms with Gasteiger partial charge in [0, 0.05) is 46.3 Å². The van der Waals surface area contributed by atoms with Gasteiger partial charge in [-0.1, -0.05) is 30.3 Å². The van der Waals surface area contributed by atoms with E-state index >= 15 is 0 Å². The molecule has 1 unspecified atom stereocenters.